The Morgan fingerprint density at radius 3 is 2.92 bits per heavy atom. The van der Waals surface area contributed by atoms with Crippen LogP contribution in [0.2, 0.25) is 0 Å². The third-order valence-electron chi connectivity index (χ3n) is 2.06. The average molecular weight is 288 g/mol. The molecule has 1 N–H and O–H groups in total. The number of halogens is 1. The lowest BCUT2D eigenvalue weighted by Gasteiger charge is -2.02. The van der Waals surface area contributed by atoms with Crippen molar-refractivity contribution in [2.24, 2.45) is 0 Å². The molecule has 2 aromatic rings. The SMILES string of the molecule is OCCc1ccc2cocc2c1I. The largest absolute Gasteiger partial charge is 0.471 e. The normalized spacial score (nSPS) is 10.9. The summed E-state index contributed by atoms with van der Waals surface area (Å²) in [7, 11) is 0. The minimum atomic E-state index is 0.194. The Morgan fingerprint density at radius 2 is 2.15 bits per heavy atom. The zero-order valence-electron chi connectivity index (χ0n) is 6.96. The topological polar surface area (TPSA) is 33.4 Å². The lowest BCUT2D eigenvalue weighted by Crippen LogP contribution is -1.93. The van der Waals surface area contributed by atoms with Crippen molar-refractivity contribution in [3.05, 3.63) is 33.8 Å². The highest BCUT2D eigenvalue weighted by Gasteiger charge is 2.05. The maximum Gasteiger partial charge on any atom is 0.0992 e. The average Bonchev–Trinajstić information content (AvgIpc) is 2.58. The molecule has 0 saturated heterocycles. The van der Waals surface area contributed by atoms with Crippen molar-refractivity contribution >= 4 is 33.4 Å². The van der Waals surface area contributed by atoms with Crippen LogP contribution in [0.15, 0.2) is 29.1 Å². The summed E-state index contributed by atoms with van der Waals surface area (Å²) >= 11 is 2.29. The van der Waals surface area contributed by atoms with Crippen LogP contribution in [0.3, 0.4) is 0 Å². The number of fused-ring (bicyclic) bond motifs is 1. The Balaban J connectivity index is 2.59. The maximum absolute atomic E-state index is 8.84. The molecule has 2 rings (SSSR count). The molecular weight excluding hydrogens is 279 g/mol. The Labute approximate surface area is 89.7 Å². The van der Waals surface area contributed by atoms with Crippen LogP contribution in [-0.4, -0.2) is 11.7 Å². The van der Waals surface area contributed by atoms with Crippen LogP contribution in [0.25, 0.3) is 10.8 Å². The highest BCUT2D eigenvalue weighted by atomic mass is 127. The van der Waals surface area contributed by atoms with Crippen molar-refractivity contribution in [1.82, 2.24) is 0 Å². The van der Waals surface area contributed by atoms with E-state index in [9.17, 15) is 0 Å². The number of hydrogen-bond acceptors (Lipinski definition) is 2. The first-order chi connectivity index (χ1) is 6.33. The van der Waals surface area contributed by atoms with Gasteiger partial charge in [-0.25, -0.2) is 0 Å². The van der Waals surface area contributed by atoms with E-state index in [2.05, 4.69) is 22.6 Å². The molecule has 2 nitrogen and oxygen atoms in total. The lowest BCUT2D eigenvalue weighted by molar-refractivity contribution is 0.299. The molecule has 0 radical (unpaired) electrons. The zero-order chi connectivity index (χ0) is 9.26. The van der Waals surface area contributed by atoms with Crippen LogP contribution in [0.5, 0.6) is 0 Å². The molecule has 0 aliphatic rings. The first-order valence-electron chi connectivity index (χ1n) is 4.07. The molecule has 0 spiro atoms. The second kappa shape index (κ2) is 3.67. The number of aliphatic hydroxyl groups excluding tert-OH is 1. The standard InChI is InChI=1S/C10H9IO2/c11-10-7(3-4-12)1-2-8-5-13-6-9(8)10/h1-2,5-6,12H,3-4H2. The van der Waals surface area contributed by atoms with Crippen molar-refractivity contribution < 1.29 is 9.52 Å². The van der Waals surface area contributed by atoms with E-state index in [0.717, 1.165) is 10.8 Å². The summed E-state index contributed by atoms with van der Waals surface area (Å²) in [4.78, 5) is 0. The van der Waals surface area contributed by atoms with Gasteiger partial charge in [-0.15, -0.1) is 0 Å². The fraction of sp³-hybridized carbons (Fsp3) is 0.200. The maximum atomic E-state index is 8.84. The van der Waals surface area contributed by atoms with Gasteiger partial charge in [-0.3, -0.25) is 0 Å². The highest BCUT2D eigenvalue weighted by molar-refractivity contribution is 14.1. The van der Waals surface area contributed by atoms with Crippen LogP contribution < -0.4 is 0 Å². The summed E-state index contributed by atoms with van der Waals surface area (Å²) in [6.07, 6.45) is 4.19. The minimum Gasteiger partial charge on any atom is -0.471 e. The van der Waals surface area contributed by atoms with Crippen molar-refractivity contribution in [1.29, 1.82) is 0 Å². The predicted octanol–water partition coefficient (Wildman–Crippen LogP) is 2.57. The molecule has 1 aromatic carbocycles. The van der Waals surface area contributed by atoms with Gasteiger partial charge in [0.05, 0.1) is 12.5 Å². The van der Waals surface area contributed by atoms with Gasteiger partial charge in [0.1, 0.15) is 0 Å². The second-order valence-corrected chi connectivity index (χ2v) is 3.97. The van der Waals surface area contributed by atoms with Crippen LogP contribution in [0.1, 0.15) is 5.56 Å². The molecule has 3 heteroatoms. The van der Waals surface area contributed by atoms with Gasteiger partial charge < -0.3 is 9.52 Å². The quantitative estimate of drug-likeness (QED) is 0.862. The molecule has 0 saturated carbocycles. The van der Waals surface area contributed by atoms with Crippen LogP contribution >= 0.6 is 22.6 Å². The van der Waals surface area contributed by atoms with Gasteiger partial charge in [-0.2, -0.15) is 0 Å². The minimum absolute atomic E-state index is 0.194. The molecule has 0 bridgehead atoms. The lowest BCUT2D eigenvalue weighted by atomic mass is 10.1. The summed E-state index contributed by atoms with van der Waals surface area (Å²) in [5.41, 5.74) is 1.18. The van der Waals surface area contributed by atoms with Crippen LogP contribution in [0.4, 0.5) is 0 Å². The van der Waals surface area contributed by atoms with E-state index in [1.165, 1.54) is 9.13 Å². The molecule has 0 amide bonds. The second-order valence-electron chi connectivity index (χ2n) is 2.89. The number of furan rings is 1. The Hall–Kier alpha value is -0.550. The fourth-order valence-corrected chi connectivity index (χ4v) is 2.25. The predicted molar refractivity (Wildman–Crippen MR) is 59.7 cm³/mol. The Bertz CT molecular complexity index is 420. The van der Waals surface area contributed by atoms with Crippen LogP contribution in [-0.2, 0) is 6.42 Å². The summed E-state index contributed by atoms with van der Waals surface area (Å²) in [5, 5.41) is 11.1. The molecule has 0 aliphatic heterocycles. The molecule has 0 aliphatic carbocycles. The summed E-state index contributed by atoms with van der Waals surface area (Å²) < 4.78 is 6.29. The van der Waals surface area contributed by atoms with Gasteiger partial charge in [0.25, 0.3) is 0 Å². The van der Waals surface area contributed by atoms with Gasteiger partial charge in [-0.05, 0) is 34.6 Å². The Morgan fingerprint density at radius 1 is 1.31 bits per heavy atom. The molecular formula is C10H9IO2. The van der Waals surface area contributed by atoms with Gasteiger partial charge >= 0.3 is 0 Å². The molecule has 0 unspecified atom stereocenters. The van der Waals surface area contributed by atoms with Gasteiger partial charge in [-0.1, -0.05) is 12.1 Å². The van der Waals surface area contributed by atoms with Crippen molar-refractivity contribution in [3.8, 4) is 0 Å². The number of aliphatic hydroxyl groups is 1. The smallest absolute Gasteiger partial charge is 0.0992 e. The van der Waals surface area contributed by atoms with Crippen molar-refractivity contribution in [3.63, 3.8) is 0 Å². The summed E-state index contributed by atoms with van der Waals surface area (Å²) in [6, 6.07) is 4.06. The molecule has 1 heterocycles. The van der Waals surface area contributed by atoms with Crippen molar-refractivity contribution in [2.45, 2.75) is 6.42 Å². The molecule has 0 atom stereocenters. The number of hydrogen-bond donors (Lipinski definition) is 1. The monoisotopic (exact) mass is 288 g/mol. The van der Waals surface area contributed by atoms with Crippen LogP contribution in [0, 0.1) is 3.57 Å². The fourth-order valence-electron chi connectivity index (χ4n) is 1.36. The van der Waals surface area contributed by atoms with E-state index in [4.69, 9.17) is 9.52 Å². The van der Waals surface area contributed by atoms with E-state index < -0.39 is 0 Å². The molecule has 68 valence electrons. The van der Waals surface area contributed by atoms with Crippen molar-refractivity contribution in [2.75, 3.05) is 6.61 Å². The van der Waals surface area contributed by atoms with E-state index in [1.54, 1.807) is 12.5 Å². The van der Waals surface area contributed by atoms with Gasteiger partial charge in [0.2, 0.25) is 0 Å². The number of rotatable bonds is 2. The summed E-state index contributed by atoms with van der Waals surface area (Å²) in [6.45, 7) is 0.194. The van der Waals surface area contributed by atoms with Gasteiger partial charge in [0.15, 0.2) is 0 Å². The zero-order valence-corrected chi connectivity index (χ0v) is 9.11. The first-order valence-corrected chi connectivity index (χ1v) is 5.15. The number of benzene rings is 1. The van der Waals surface area contributed by atoms with E-state index >= 15 is 0 Å². The third-order valence-corrected chi connectivity index (χ3v) is 3.33. The first kappa shape index (κ1) is 9.02. The Kier molecular flexibility index (Phi) is 2.55. The molecule has 13 heavy (non-hydrogen) atoms. The van der Waals surface area contributed by atoms with E-state index in [-0.39, 0.29) is 6.61 Å². The summed E-state index contributed by atoms with van der Waals surface area (Å²) in [5.74, 6) is 0. The third kappa shape index (κ3) is 1.58. The van der Waals surface area contributed by atoms with Gasteiger partial charge in [0, 0.05) is 20.9 Å². The van der Waals surface area contributed by atoms with E-state index in [0.29, 0.717) is 6.42 Å². The molecule has 1 aromatic heterocycles. The van der Waals surface area contributed by atoms with E-state index in [1.807, 2.05) is 12.1 Å². The highest BCUT2D eigenvalue weighted by Crippen LogP contribution is 2.25. The molecule has 0 fully saturated rings.